The molecule has 7 nitrogen and oxygen atoms in total. The number of carbonyl (C=O) groups excluding carboxylic acids is 1. The van der Waals surface area contributed by atoms with E-state index in [4.69, 9.17) is 4.74 Å². The summed E-state index contributed by atoms with van der Waals surface area (Å²) in [5, 5.41) is 5.65. The third-order valence-electron chi connectivity index (χ3n) is 4.06. The normalized spacial score (nSPS) is 15.8. The van der Waals surface area contributed by atoms with Crippen LogP contribution in [0.15, 0.2) is 23.1 Å². The second-order valence-corrected chi connectivity index (χ2v) is 8.29. The standard InChI is InChI=1S/C17H27N3O4S/c1-12(2)20-25(22,23)14-9-10-16(24-3)15(11-14)19-17(21)18-13-7-5-4-6-8-13/h9-13,20H,4-8H2,1-3H3,(H2,18,19,21). The molecule has 25 heavy (non-hydrogen) atoms. The van der Waals surface area contributed by atoms with Gasteiger partial charge in [-0.2, -0.15) is 0 Å². The molecule has 0 heterocycles. The number of anilines is 1. The molecule has 0 spiro atoms. The Hall–Kier alpha value is -1.80. The number of amides is 2. The quantitative estimate of drug-likeness (QED) is 0.718. The zero-order valence-corrected chi connectivity index (χ0v) is 15.8. The molecule has 140 valence electrons. The molecular weight excluding hydrogens is 342 g/mol. The molecule has 3 N–H and O–H groups in total. The van der Waals surface area contributed by atoms with Crippen LogP contribution in [0.1, 0.15) is 46.0 Å². The molecule has 0 atom stereocenters. The first-order valence-corrected chi connectivity index (χ1v) is 10.1. The Balaban J connectivity index is 2.15. The second kappa shape index (κ2) is 8.53. The van der Waals surface area contributed by atoms with E-state index in [0.29, 0.717) is 11.4 Å². The summed E-state index contributed by atoms with van der Waals surface area (Å²) in [6.07, 6.45) is 5.37. The lowest BCUT2D eigenvalue weighted by atomic mass is 9.96. The largest absolute Gasteiger partial charge is 0.495 e. The summed E-state index contributed by atoms with van der Waals surface area (Å²) >= 11 is 0. The summed E-state index contributed by atoms with van der Waals surface area (Å²) < 4.78 is 32.4. The van der Waals surface area contributed by atoms with Crippen molar-refractivity contribution in [1.82, 2.24) is 10.0 Å². The van der Waals surface area contributed by atoms with Gasteiger partial charge in [0.2, 0.25) is 10.0 Å². The Bertz CT molecular complexity index is 698. The van der Waals surface area contributed by atoms with E-state index in [2.05, 4.69) is 15.4 Å². The number of methoxy groups -OCH3 is 1. The van der Waals surface area contributed by atoms with Crippen LogP contribution in [0.3, 0.4) is 0 Å². The maximum absolute atomic E-state index is 12.3. The molecule has 1 saturated carbocycles. The summed E-state index contributed by atoms with van der Waals surface area (Å²) in [4.78, 5) is 12.3. The molecule has 1 aliphatic rings. The molecule has 1 aromatic carbocycles. The minimum Gasteiger partial charge on any atom is -0.495 e. The maximum atomic E-state index is 12.3. The lowest BCUT2D eigenvalue weighted by molar-refractivity contribution is 0.244. The number of benzene rings is 1. The lowest BCUT2D eigenvalue weighted by Gasteiger charge is -2.23. The van der Waals surface area contributed by atoms with Crippen LogP contribution in [0, 0.1) is 0 Å². The van der Waals surface area contributed by atoms with Crippen molar-refractivity contribution >= 4 is 21.7 Å². The predicted octanol–water partition coefficient (Wildman–Crippen LogP) is 2.84. The van der Waals surface area contributed by atoms with Gasteiger partial charge in [-0.15, -0.1) is 0 Å². The van der Waals surface area contributed by atoms with E-state index in [0.717, 1.165) is 25.7 Å². The summed E-state index contributed by atoms with van der Waals surface area (Å²) in [5.74, 6) is 0.405. The van der Waals surface area contributed by atoms with Gasteiger partial charge in [-0.05, 0) is 44.9 Å². The monoisotopic (exact) mass is 369 g/mol. The first-order valence-electron chi connectivity index (χ1n) is 8.59. The van der Waals surface area contributed by atoms with Gasteiger partial charge in [-0.3, -0.25) is 0 Å². The molecule has 0 radical (unpaired) electrons. The van der Waals surface area contributed by atoms with Crippen LogP contribution in [0.25, 0.3) is 0 Å². The van der Waals surface area contributed by atoms with E-state index >= 15 is 0 Å². The molecule has 0 unspecified atom stereocenters. The fourth-order valence-electron chi connectivity index (χ4n) is 2.92. The van der Waals surface area contributed by atoms with Crippen molar-refractivity contribution < 1.29 is 17.9 Å². The Kier molecular flexibility index (Phi) is 6.66. The first-order chi connectivity index (χ1) is 11.8. The van der Waals surface area contributed by atoms with E-state index in [9.17, 15) is 13.2 Å². The highest BCUT2D eigenvalue weighted by molar-refractivity contribution is 7.89. The summed E-state index contributed by atoms with van der Waals surface area (Å²) in [5.41, 5.74) is 0.322. The van der Waals surface area contributed by atoms with Crippen molar-refractivity contribution in [2.45, 2.75) is 62.9 Å². The van der Waals surface area contributed by atoms with Gasteiger partial charge in [0.05, 0.1) is 17.7 Å². The Labute approximate surface area is 149 Å². The molecule has 1 fully saturated rings. The van der Waals surface area contributed by atoms with Gasteiger partial charge < -0.3 is 15.4 Å². The van der Waals surface area contributed by atoms with Crippen molar-refractivity contribution in [3.63, 3.8) is 0 Å². The fraction of sp³-hybridized carbons (Fsp3) is 0.588. The van der Waals surface area contributed by atoms with Gasteiger partial charge in [-0.1, -0.05) is 19.3 Å². The number of ether oxygens (including phenoxy) is 1. The molecule has 2 amide bonds. The minimum atomic E-state index is -3.65. The third-order valence-corrected chi connectivity index (χ3v) is 5.72. The first kappa shape index (κ1) is 19.5. The van der Waals surface area contributed by atoms with Gasteiger partial charge in [0.25, 0.3) is 0 Å². The van der Waals surface area contributed by atoms with Crippen LogP contribution in [-0.2, 0) is 10.0 Å². The second-order valence-electron chi connectivity index (χ2n) is 6.57. The molecule has 1 aromatic rings. The highest BCUT2D eigenvalue weighted by atomic mass is 32.2. The molecule has 8 heteroatoms. The number of rotatable bonds is 6. The summed E-state index contributed by atoms with van der Waals surface area (Å²) in [6.45, 7) is 3.50. The van der Waals surface area contributed by atoms with Crippen molar-refractivity contribution in [2.75, 3.05) is 12.4 Å². The molecule has 0 aliphatic heterocycles. The number of hydrogen-bond donors (Lipinski definition) is 3. The van der Waals surface area contributed by atoms with Crippen LogP contribution < -0.4 is 20.1 Å². The predicted molar refractivity (Wildman–Crippen MR) is 97.5 cm³/mol. The van der Waals surface area contributed by atoms with E-state index in [1.165, 1.54) is 31.7 Å². The van der Waals surface area contributed by atoms with Crippen molar-refractivity contribution in [2.24, 2.45) is 0 Å². The molecule has 0 saturated heterocycles. The Morgan fingerprint density at radius 2 is 1.88 bits per heavy atom. The Morgan fingerprint density at radius 3 is 2.48 bits per heavy atom. The zero-order chi connectivity index (χ0) is 18.4. The number of sulfonamides is 1. The van der Waals surface area contributed by atoms with Crippen LogP contribution in [-0.4, -0.2) is 33.6 Å². The highest BCUT2D eigenvalue weighted by Gasteiger charge is 2.20. The van der Waals surface area contributed by atoms with Crippen molar-refractivity contribution in [1.29, 1.82) is 0 Å². The molecule has 2 rings (SSSR count). The van der Waals surface area contributed by atoms with E-state index in [-0.39, 0.29) is 23.0 Å². The van der Waals surface area contributed by atoms with Gasteiger partial charge in [0, 0.05) is 12.1 Å². The van der Waals surface area contributed by atoms with E-state index in [1.807, 2.05) is 0 Å². The van der Waals surface area contributed by atoms with Crippen LogP contribution in [0.2, 0.25) is 0 Å². The van der Waals surface area contributed by atoms with E-state index < -0.39 is 10.0 Å². The number of hydrogen-bond acceptors (Lipinski definition) is 4. The van der Waals surface area contributed by atoms with Crippen LogP contribution in [0.5, 0.6) is 5.75 Å². The molecular formula is C17H27N3O4S. The highest BCUT2D eigenvalue weighted by Crippen LogP contribution is 2.28. The number of carbonyl (C=O) groups is 1. The van der Waals surface area contributed by atoms with Gasteiger partial charge in [0.15, 0.2) is 0 Å². The molecule has 0 bridgehead atoms. The summed E-state index contributed by atoms with van der Waals surface area (Å²) in [6, 6.07) is 3.98. The third kappa shape index (κ3) is 5.61. The van der Waals surface area contributed by atoms with Crippen LogP contribution in [0.4, 0.5) is 10.5 Å². The van der Waals surface area contributed by atoms with Gasteiger partial charge in [0.1, 0.15) is 5.75 Å². The molecule has 0 aromatic heterocycles. The maximum Gasteiger partial charge on any atom is 0.319 e. The van der Waals surface area contributed by atoms with Gasteiger partial charge >= 0.3 is 6.03 Å². The topological polar surface area (TPSA) is 96.5 Å². The smallest absolute Gasteiger partial charge is 0.319 e. The number of nitrogens with one attached hydrogen (secondary N) is 3. The van der Waals surface area contributed by atoms with Crippen molar-refractivity contribution in [3.8, 4) is 5.75 Å². The fourth-order valence-corrected chi connectivity index (χ4v) is 4.20. The van der Waals surface area contributed by atoms with Gasteiger partial charge in [-0.25, -0.2) is 17.9 Å². The number of urea groups is 1. The van der Waals surface area contributed by atoms with E-state index in [1.54, 1.807) is 13.8 Å². The zero-order valence-electron chi connectivity index (χ0n) is 15.0. The molecule has 1 aliphatic carbocycles. The average molecular weight is 369 g/mol. The van der Waals surface area contributed by atoms with Crippen LogP contribution >= 0.6 is 0 Å². The minimum absolute atomic E-state index is 0.0787. The van der Waals surface area contributed by atoms with Crippen molar-refractivity contribution in [3.05, 3.63) is 18.2 Å². The summed E-state index contributed by atoms with van der Waals surface area (Å²) in [7, 11) is -2.17. The SMILES string of the molecule is COc1ccc(S(=O)(=O)NC(C)C)cc1NC(=O)NC1CCCCC1. The lowest BCUT2D eigenvalue weighted by Crippen LogP contribution is -2.39. The average Bonchev–Trinajstić information content (AvgIpc) is 2.54. The Morgan fingerprint density at radius 1 is 1.20 bits per heavy atom.